The van der Waals surface area contributed by atoms with Gasteiger partial charge in [-0.1, -0.05) is 6.07 Å². The van der Waals surface area contributed by atoms with Gasteiger partial charge in [0.15, 0.2) is 0 Å². The Morgan fingerprint density at radius 1 is 1.39 bits per heavy atom. The van der Waals surface area contributed by atoms with Gasteiger partial charge in [-0.3, -0.25) is 9.69 Å². The molecular formula is C18H25F3N2O4S. The molecular weight excluding hydrogens is 397 g/mol. The van der Waals surface area contributed by atoms with E-state index in [1.54, 1.807) is 11.3 Å². The summed E-state index contributed by atoms with van der Waals surface area (Å²) in [6.07, 6.45) is -3.11. The fraction of sp³-hybridized carbons (Fsp3) is 0.667. The maximum atomic E-state index is 12.0. The lowest BCUT2D eigenvalue weighted by Gasteiger charge is -2.22. The molecule has 1 amide bonds. The quantitative estimate of drug-likeness (QED) is 0.763. The average molecular weight is 422 g/mol. The molecule has 10 heteroatoms. The van der Waals surface area contributed by atoms with Crippen LogP contribution in [0, 0.1) is 5.92 Å². The molecule has 28 heavy (non-hydrogen) atoms. The van der Waals surface area contributed by atoms with Crippen molar-refractivity contribution >= 4 is 23.2 Å². The van der Waals surface area contributed by atoms with Gasteiger partial charge < -0.3 is 15.2 Å². The van der Waals surface area contributed by atoms with Crippen molar-refractivity contribution in [3.63, 3.8) is 0 Å². The highest BCUT2D eigenvalue weighted by Gasteiger charge is 2.42. The van der Waals surface area contributed by atoms with Crippen molar-refractivity contribution < 1.29 is 32.6 Å². The SMILES string of the molecule is CC(C)N1C[C@@H]2C[C@@H](CC(=O)NCc3cccs3)O[C@@H]2C1.O=C(O)C(F)(F)F. The average Bonchev–Trinajstić information content (AvgIpc) is 3.28. The monoisotopic (exact) mass is 422 g/mol. The Morgan fingerprint density at radius 3 is 2.57 bits per heavy atom. The second kappa shape index (κ2) is 9.71. The molecule has 0 saturated carbocycles. The van der Waals surface area contributed by atoms with Gasteiger partial charge in [-0.2, -0.15) is 13.2 Å². The van der Waals surface area contributed by atoms with Crippen molar-refractivity contribution in [3.8, 4) is 0 Å². The van der Waals surface area contributed by atoms with E-state index in [1.807, 2.05) is 17.5 Å². The number of hydrogen-bond acceptors (Lipinski definition) is 5. The molecule has 2 aliphatic heterocycles. The number of fused-ring (bicyclic) bond motifs is 1. The number of carboxylic acids is 1. The molecule has 3 heterocycles. The number of nitrogens with one attached hydrogen (secondary N) is 1. The van der Waals surface area contributed by atoms with Crippen molar-refractivity contribution in [2.45, 2.75) is 57.7 Å². The standard InChI is InChI=1S/C16H24N2O2S.C2HF3O2/c1-11(2)18-9-12-6-13(20-15(12)10-18)7-16(19)17-8-14-4-3-5-21-14;3-2(4,5)1(6)7/h3-5,11-13,15H,6-10H2,1-2H3,(H,17,19);(H,6,7)/t12-,13-,15+;/m0./s1. The Hall–Kier alpha value is -1.65. The summed E-state index contributed by atoms with van der Waals surface area (Å²) in [5, 5.41) is 12.1. The van der Waals surface area contributed by atoms with Gasteiger partial charge in [0, 0.05) is 29.9 Å². The van der Waals surface area contributed by atoms with Gasteiger partial charge in [0.1, 0.15) is 0 Å². The minimum atomic E-state index is -5.08. The number of hydrogen-bond donors (Lipinski definition) is 2. The number of rotatable bonds is 5. The number of carboxylic acid groups (broad SMARTS) is 1. The highest BCUT2D eigenvalue weighted by Crippen LogP contribution is 2.34. The third-order valence-corrected chi connectivity index (χ3v) is 5.64. The summed E-state index contributed by atoms with van der Waals surface area (Å²) in [5.74, 6) is -2.04. The van der Waals surface area contributed by atoms with Crippen LogP contribution in [0.1, 0.15) is 31.6 Å². The summed E-state index contributed by atoms with van der Waals surface area (Å²) in [6, 6.07) is 4.64. The molecule has 2 fully saturated rings. The number of ether oxygens (including phenoxy) is 1. The number of likely N-dealkylation sites (tertiary alicyclic amines) is 1. The Labute approximate surface area is 165 Å². The topological polar surface area (TPSA) is 78.9 Å². The molecule has 0 spiro atoms. The van der Waals surface area contributed by atoms with E-state index >= 15 is 0 Å². The van der Waals surface area contributed by atoms with Gasteiger partial charge in [0.05, 0.1) is 25.2 Å². The van der Waals surface area contributed by atoms with Crippen LogP contribution in [-0.2, 0) is 20.9 Å². The largest absolute Gasteiger partial charge is 0.490 e. The first-order valence-corrected chi connectivity index (χ1v) is 9.93. The first kappa shape index (κ1) is 22.6. The lowest BCUT2D eigenvalue weighted by Crippen LogP contribution is -2.32. The zero-order valence-electron chi connectivity index (χ0n) is 15.7. The zero-order valence-corrected chi connectivity index (χ0v) is 16.6. The summed E-state index contributed by atoms with van der Waals surface area (Å²) in [4.78, 5) is 24.6. The van der Waals surface area contributed by atoms with Crippen LogP contribution in [0.4, 0.5) is 13.2 Å². The van der Waals surface area contributed by atoms with E-state index < -0.39 is 12.1 Å². The molecule has 2 aliphatic rings. The van der Waals surface area contributed by atoms with Crippen LogP contribution in [0.3, 0.4) is 0 Å². The molecule has 0 unspecified atom stereocenters. The summed E-state index contributed by atoms with van der Waals surface area (Å²) in [6.45, 7) is 7.25. The van der Waals surface area contributed by atoms with Gasteiger partial charge in [0.2, 0.25) is 5.91 Å². The summed E-state index contributed by atoms with van der Waals surface area (Å²) >= 11 is 1.67. The first-order chi connectivity index (χ1) is 13.1. The molecule has 2 N–H and O–H groups in total. The van der Waals surface area contributed by atoms with Gasteiger partial charge in [-0.05, 0) is 31.7 Å². The highest BCUT2D eigenvalue weighted by atomic mass is 32.1. The maximum absolute atomic E-state index is 12.0. The Balaban J connectivity index is 0.000000345. The second-order valence-electron chi connectivity index (χ2n) is 7.20. The summed E-state index contributed by atoms with van der Waals surface area (Å²) < 4.78 is 37.8. The fourth-order valence-corrected chi connectivity index (χ4v) is 3.97. The van der Waals surface area contributed by atoms with E-state index in [2.05, 4.69) is 24.1 Å². The van der Waals surface area contributed by atoms with Crippen molar-refractivity contribution in [2.24, 2.45) is 5.92 Å². The molecule has 2 saturated heterocycles. The Morgan fingerprint density at radius 2 is 2.07 bits per heavy atom. The lowest BCUT2D eigenvalue weighted by atomic mass is 10.0. The minimum absolute atomic E-state index is 0.106. The number of halogens is 3. The second-order valence-corrected chi connectivity index (χ2v) is 8.24. The number of alkyl halides is 3. The number of carbonyl (C=O) groups excluding carboxylic acids is 1. The summed E-state index contributed by atoms with van der Waals surface area (Å²) in [7, 11) is 0. The molecule has 3 atom stereocenters. The number of thiophene rings is 1. The van der Waals surface area contributed by atoms with Crippen LogP contribution >= 0.6 is 11.3 Å². The maximum Gasteiger partial charge on any atom is 0.490 e. The van der Waals surface area contributed by atoms with E-state index in [0.29, 0.717) is 31.0 Å². The van der Waals surface area contributed by atoms with Gasteiger partial charge in [-0.15, -0.1) is 11.3 Å². The summed E-state index contributed by atoms with van der Waals surface area (Å²) in [5.41, 5.74) is 0. The van der Waals surface area contributed by atoms with Crippen LogP contribution in [0.25, 0.3) is 0 Å². The fourth-order valence-electron chi connectivity index (χ4n) is 3.33. The molecule has 6 nitrogen and oxygen atoms in total. The molecule has 1 aromatic rings. The normalized spacial score (nSPS) is 24.6. The first-order valence-electron chi connectivity index (χ1n) is 9.05. The van der Waals surface area contributed by atoms with E-state index in [0.717, 1.165) is 19.5 Å². The van der Waals surface area contributed by atoms with Crippen molar-refractivity contribution in [2.75, 3.05) is 13.1 Å². The van der Waals surface area contributed by atoms with Gasteiger partial charge in [-0.25, -0.2) is 4.79 Å². The van der Waals surface area contributed by atoms with Crippen LogP contribution in [0.15, 0.2) is 17.5 Å². The number of nitrogens with zero attached hydrogens (tertiary/aromatic N) is 1. The minimum Gasteiger partial charge on any atom is -0.475 e. The van der Waals surface area contributed by atoms with Gasteiger partial charge >= 0.3 is 12.1 Å². The molecule has 0 aromatic carbocycles. The Bertz CT molecular complexity index is 638. The van der Waals surface area contributed by atoms with Crippen molar-refractivity contribution in [1.82, 2.24) is 10.2 Å². The van der Waals surface area contributed by atoms with Crippen molar-refractivity contribution in [3.05, 3.63) is 22.4 Å². The van der Waals surface area contributed by atoms with E-state index in [4.69, 9.17) is 14.6 Å². The number of amides is 1. The molecule has 3 rings (SSSR count). The van der Waals surface area contributed by atoms with Crippen LogP contribution < -0.4 is 5.32 Å². The Kier molecular flexibility index (Phi) is 7.85. The zero-order chi connectivity index (χ0) is 20.9. The molecule has 1 aromatic heterocycles. The van der Waals surface area contributed by atoms with Gasteiger partial charge in [0.25, 0.3) is 0 Å². The number of carbonyl (C=O) groups is 2. The number of aliphatic carboxylic acids is 1. The van der Waals surface area contributed by atoms with Crippen LogP contribution in [0.5, 0.6) is 0 Å². The van der Waals surface area contributed by atoms with Crippen LogP contribution in [-0.4, -0.2) is 59.4 Å². The lowest BCUT2D eigenvalue weighted by molar-refractivity contribution is -0.192. The molecule has 158 valence electrons. The van der Waals surface area contributed by atoms with E-state index in [-0.39, 0.29) is 12.0 Å². The highest BCUT2D eigenvalue weighted by molar-refractivity contribution is 7.09. The molecule has 0 bridgehead atoms. The predicted molar refractivity (Wildman–Crippen MR) is 98.0 cm³/mol. The third kappa shape index (κ3) is 6.75. The smallest absolute Gasteiger partial charge is 0.475 e. The van der Waals surface area contributed by atoms with Crippen molar-refractivity contribution in [1.29, 1.82) is 0 Å². The molecule has 0 radical (unpaired) electrons. The van der Waals surface area contributed by atoms with E-state index in [1.165, 1.54) is 4.88 Å². The molecule has 0 aliphatic carbocycles. The third-order valence-electron chi connectivity index (χ3n) is 4.77. The van der Waals surface area contributed by atoms with E-state index in [9.17, 15) is 18.0 Å². The predicted octanol–water partition coefficient (Wildman–Crippen LogP) is 2.89. The van der Waals surface area contributed by atoms with Crippen LogP contribution in [0.2, 0.25) is 0 Å².